The van der Waals surface area contributed by atoms with Crippen molar-refractivity contribution >= 4 is 21.6 Å². The van der Waals surface area contributed by atoms with E-state index < -0.39 is 10.0 Å². The summed E-state index contributed by atoms with van der Waals surface area (Å²) < 4.78 is 27.7. The number of benzene rings is 3. The first-order valence-corrected chi connectivity index (χ1v) is 10.8. The maximum Gasteiger partial charge on any atom is 0.243 e. The number of nitrogens with zero attached hydrogens (tertiary/aromatic N) is 1. The number of nitrogens with one attached hydrogen (secondary N) is 1. The number of sulfonamides is 1. The number of hydrogen-bond acceptors (Lipinski definition) is 3. The smallest absolute Gasteiger partial charge is 0.243 e. The van der Waals surface area contributed by atoms with Gasteiger partial charge in [0.15, 0.2) is 0 Å². The van der Waals surface area contributed by atoms with Crippen LogP contribution >= 0.6 is 0 Å². The molecule has 0 aliphatic heterocycles. The zero-order valence-electron chi connectivity index (χ0n) is 16.5. The molecule has 0 aliphatic rings. The average molecular weight is 409 g/mol. The highest BCUT2D eigenvalue weighted by Gasteiger charge is 2.27. The molecule has 6 heteroatoms. The monoisotopic (exact) mass is 408 g/mol. The molecule has 0 aliphatic carbocycles. The maximum absolute atomic E-state index is 13.3. The van der Waals surface area contributed by atoms with Gasteiger partial charge in [-0.1, -0.05) is 65.7 Å². The Balaban J connectivity index is 1.88. The van der Waals surface area contributed by atoms with E-state index in [9.17, 15) is 13.2 Å². The van der Waals surface area contributed by atoms with Crippen molar-refractivity contribution in [2.24, 2.45) is 0 Å². The second kappa shape index (κ2) is 9.03. The second-order valence-electron chi connectivity index (χ2n) is 6.99. The Labute approximate surface area is 172 Å². The Bertz CT molecular complexity index is 1080. The number of amides is 1. The van der Waals surface area contributed by atoms with Gasteiger partial charge in [-0.25, -0.2) is 8.42 Å². The molecular formula is C23H24N2O3S. The third-order valence-electron chi connectivity index (χ3n) is 4.48. The minimum atomic E-state index is -3.84. The molecule has 150 valence electrons. The van der Waals surface area contributed by atoms with Crippen LogP contribution in [0.5, 0.6) is 0 Å². The highest BCUT2D eigenvalue weighted by molar-refractivity contribution is 7.89. The van der Waals surface area contributed by atoms with Crippen molar-refractivity contribution in [3.63, 3.8) is 0 Å². The molecule has 3 rings (SSSR count). The summed E-state index contributed by atoms with van der Waals surface area (Å²) >= 11 is 0. The van der Waals surface area contributed by atoms with Crippen LogP contribution in [-0.2, 0) is 21.4 Å². The van der Waals surface area contributed by atoms with E-state index in [4.69, 9.17) is 0 Å². The fraction of sp³-hybridized carbons (Fsp3) is 0.174. The van der Waals surface area contributed by atoms with Crippen LogP contribution in [0.4, 0.5) is 5.69 Å². The minimum absolute atomic E-state index is 0.111. The first-order valence-electron chi connectivity index (χ1n) is 9.32. The van der Waals surface area contributed by atoms with Crippen LogP contribution < -0.4 is 5.32 Å². The van der Waals surface area contributed by atoms with Crippen molar-refractivity contribution in [1.29, 1.82) is 0 Å². The van der Waals surface area contributed by atoms with E-state index in [1.54, 1.807) is 36.4 Å². The number of rotatable bonds is 7. The van der Waals surface area contributed by atoms with Crippen LogP contribution in [0.1, 0.15) is 16.7 Å². The molecule has 0 fully saturated rings. The molecule has 3 aromatic carbocycles. The van der Waals surface area contributed by atoms with Crippen LogP contribution in [0.2, 0.25) is 0 Å². The summed E-state index contributed by atoms with van der Waals surface area (Å²) in [6.45, 7) is 3.68. The van der Waals surface area contributed by atoms with Crippen LogP contribution in [0.15, 0.2) is 83.8 Å². The molecule has 29 heavy (non-hydrogen) atoms. The van der Waals surface area contributed by atoms with E-state index in [2.05, 4.69) is 5.32 Å². The number of anilines is 1. The number of aryl methyl sites for hydroxylation is 2. The lowest BCUT2D eigenvalue weighted by Crippen LogP contribution is -2.37. The molecule has 1 amide bonds. The van der Waals surface area contributed by atoms with E-state index in [1.807, 2.05) is 56.3 Å². The quantitative estimate of drug-likeness (QED) is 0.639. The van der Waals surface area contributed by atoms with Gasteiger partial charge in [0.05, 0.1) is 11.4 Å². The lowest BCUT2D eigenvalue weighted by Gasteiger charge is -2.22. The van der Waals surface area contributed by atoms with Gasteiger partial charge in [0, 0.05) is 12.2 Å². The van der Waals surface area contributed by atoms with Crippen LogP contribution in [0.25, 0.3) is 0 Å². The molecule has 1 N–H and O–H groups in total. The first-order chi connectivity index (χ1) is 13.8. The molecule has 3 aromatic rings. The van der Waals surface area contributed by atoms with E-state index in [-0.39, 0.29) is 23.9 Å². The summed E-state index contributed by atoms with van der Waals surface area (Å²) in [6, 6.07) is 23.3. The van der Waals surface area contributed by atoms with E-state index >= 15 is 0 Å². The van der Waals surface area contributed by atoms with Gasteiger partial charge in [0.25, 0.3) is 0 Å². The minimum Gasteiger partial charge on any atom is -0.325 e. The van der Waals surface area contributed by atoms with Gasteiger partial charge in [-0.05, 0) is 43.7 Å². The van der Waals surface area contributed by atoms with Gasteiger partial charge in [-0.3, -0.25) is 4.79 Å². The van der Waals surface area contributed by atoms with Gasteiger partial charge in [0.1, 0.15) is 0 Å². The normalized spacial score (nSPS) is 11.4. The SMILES string of the molecule is Cc1ccc(S(=O)(=O)N(CC(=O)Nc2ccccc2)Cc2cccc(C)c2)cc1. The van der Waals surface area contributed by atoms with Gasteiger partial charge >= 0.3 is 0 Å². The Morgan fingerprint density at radius 1 is 0.862 bits per heavy atom. The van der Waals surface area contributed by atoms with Gasteiger partial charge in [0.2, 0.25) is 15.9 Å². The van der Waals surface area contributed by atoms with Gasteiger partial charge in [-0.15, -0.1) is 0 Å². The summed E-state index contributed by atoms with van der Waals surface area (Å²) in [5.74, 6) is -0.389. The van der Waals surface area contributed by atoms with Crippen molar-refractivity contribution in [2.45, 2.75) is 25.3 Å². The lowest BCUT2D eigenvalue weighted by atomic mass is 10.1. The van der Waals surface area contributed by atoms with Crippen molar-refractivity contribution in [3.8, 4) is 0 Å². The summed E-state index contributed by atoms with van der Waals surface area (Å²) in [6.07, 6.45) is 0. The van der Waals surface area contributed by atoms with Crippen LogP contribution in [0, 0.1) is 13.8 Å². The molecule has 0 bridgehead atoms. The standard InChI is InChI=1S/C23H24N2O3S/c1-18-11-13-22(14-12-18)29(27,28)25(16-20-8-6-7-19(2)15-20)17-23(26)24-21-9-4-3-5-10-21/h3-15H,16-17H2,1-2H3,(H,24,26). The first kappa shape index (κ1) is 20.8. The Morgan fingerprint density at radius 2 is 1.55 bits per heavy atom. The maximum atomic E-state index is 13.3. The predicted molar refractivity (Wildman–Crippen MR) is 115 cm³/mol. The molecule has 0 saturated carbocycles. The molecule has 0 heterocycles. The van der Waals surface area contributed by atoms with Crippen molar-refractivity contribution in [1.82, 2.24) is 4.31 Å². The summed E-state index contributed by atoms with van der Waals surface area (Å²) in [7, 11) is -3.84. The molecular weight excluding hydrogens is 384 g/mol. The fourth-order valence-corrected chi connectivity index (χ4v) is 4.37. The van der Waals surface area contributed by atoms with Gasteiger partial charge in [-0.2, -0.15) is 4.31 Å². The molecule has 0 radical (unpaired) electrons. The number of carbonyl (C=O) groups is 1. The average Bonchev–Trinajstić information content (AvgIpc) is 2.68. The van der Waals surface area contributed by atoms with Gasteiger partial charge < -0.3 is 5.32 Å². The second-order valence-corrected chi connectivity index (χ2v) is 8.93. The zero-order valence-corrected chi connectivity index (χ0v) is 17.3. The number of para-hydroxylation sites is 1. The third-order valence-corrected chi connectivity index (χ3v) is 6.28. The largest absolute Gasteiger partial charge is 0.325 e. The van der Waals surface area contributed by atoms with E-state index in [1.165, 1.54) is 4.31 Å². The molecule has 0 saturated heterocycles. The Hall–Kier alpha value is -2.96. The fourth-order valence-electron chi connectivity index (χ4n) is 2.98. The Kier molecular flexibility index (Phi) is 6.46. The molecule has 0 aromatic heterocycles. The highest BCUT2D eigenvalue weighted by Crippen LogP contribution is 2.20. The highest BCUT2D eigenvalue weighted by atomic mass is 32.2. The topological polar surface area (TPSA) is 66.5 Å². The Morgan fingerprint density at radius 3 is 2.21 bits per heavy atom. The molecule has 5 nitrogen and oxygen atoms in total. The van der Waals surface area contributed by atoms with E-state index in [0.29, 0.717) is 5.69 Å². The van der Waals surface area contributed by atoms with Crippen molar-refractivity contribution < 1.29 is 13.2 Å². The molecule has 0 atom stereocenters. The number of hydrogen-bond donors (Lipinski definition) is 1. The van der Waals surface area contributed by atoms with Crippen molar-refractivity contribution in [3.05, 3.63) is 95.6 Å². The summed E-state index contributed by atoms with van der Waals surface area (Å²) in [4.78, 5) is 12.8. The predicted octanol–water partition coefficient (Wildman–Crippen LogP) is 4.13. The lowest BCUT2D eigenvalue weighted by molar-refractivity contribution is -0.116. The zero-order chi connectivity index (χ0) is 20.9. The molecule has 0 unspecified atom stereocenters. The molecule has 0 spiro atoms. The van der Waals surface area contributed by atoms with Crippen LogP contribution in [0.3, 0.4) is 0 Å². The van der Waals surface area contributed by atoms with Crippen LogP contribution in [-0.4, -0.2) is 25.2 Å². The van der Waals surface area contributed by atoms with E-state index in [0.717, 1.165) is 16.7 Å². The number of carbonyl (C=O) groups excluding carboxylic acids is 1. The third kappa shape index (κ3) is 5.53. The summed E-state index contributed by atoms with van der Waals surface area (Å²) in [5, 5.41) is 2.76. The summed E-state index contributed by atoms with van der Waals surface area (Å²) in [5.41, 5.74) is 3.45. The van der Waals surface area contributed by atoms with Crippen molar-refractivity contribution in [2.75, 3.05) is 11.9 Å².